The normalized spacial score (nSPS) is 16.3. The van der Waals surface area contributed by atoms with Crippen molar-refractivity contribution in [2.75, 3.05) is 13.1 Å². The topological polar surface area (TPSA) is 46.3 Å². The molecule has 1 aromatic rings. The highest BCUT2D eigenvalue weighted by molar-refractivity contribution is 5.79. The molecule has 1 fully saturated rings. The van der Waals surface area contributed by atoms with E-state index in [0.717, 1.165) is 0 Å². The number of carbonyl (C=O) groups is 1. The molecule has 1 atom stereocenters. The molecule has 1 aliphatic carbocycles. The van der Waals surface area contributed by atoms with E-state index in [9.17, 15) is 4.79 Å². The van der Waals surface area contributed by atoms with Crippen LogP contribution >= 0.6 is 0 Å². The van der Waals surface area contributed by atoms with E-state index in [2.05, 4.69) is 19.1 Å². The Morgan fingerprint density at radius 1 is 1.39 bits per heavy atom. The van der Waals surface area contributed by atoms with Crippen molar-refractivity contribution in [3.05, 3.63) is 35.9 Å². The Bertz CT molecular complexity index is 387. The minimum Gasteiger partial charge on any atom is -0.337 e. The minimum absolute atomic E-state index is 0.153. The Labute approximate surface area is 109 Å². The van der Waals surface area contributed by atoms with Gasteiger partial charge in [-0.1, -0.05) is 37.3 Å². The van der Waals surface area contributed by atoms with Crippen LogP contribution in [0.25, 0.3) is 0 Å². The molecule has 18 heavy (non-hydrogen) atoms. The molecule has 1 unspecified atom stereocenters. The lowest BCUT2D eigenvalue weighted by atomic mass is 10.0. The van der Waals surface area contributed by atoms with Crippen molar-refractivity contribution in [3.8, 4) is 0 Å². The van der Waals surface area contributed by atoms with Crippen LogP contribution < -0.4 is 5.73 Å². The second kappa shape index (κ2) is 6.01. The van der Waals surface area contributed by atoms with Gasteiger partial charge in [0.1, 0.15) is 0 Å². The molecule has 0 radical (unpaired) electrons. The van der Waals surface area contributed by atoms with Gasteiger partial charge in [0.2, 0.25) is 5.91 Å². The van der Waals surface area contributed by atoms with Crippen LogP contribution in [-0.2, 0) is 11.3 Å². The Balaban J connectivity index is 2.00. The van der Waals surface area contributed by atoms with Crippen molar-refractivity contribution in [2.45, 2.75) is 26.3 Å². The summed E-state index contributed by atoms with van der Waals surface area (Å²) in [7, 11) is 0. The highest BCUT2D eigenvalue weighted by Gasteiger charge is 2.34. The zero-order valence-corrected chi connectivity index (χ0v) is 11.0. The molecule has 98 valence electrons. The van der Waals surface area contributed by atoms with Crippen LogP contribution in [0.4, 0.5) is 0 Å². The van der Waals surface area contributed by atoms with Crippen LogP contribution in [-0.4, -0.2) is 23.9 Å². The fourth-order valence-electron chi connectivity index (χ4n) is 2.31. The van der Waals surface area contributed by atoms with Crippen LogP contribution in [0.3, 0.4) is 0 Å². The van der Waals surface area contributed by atoms with Gasteiger partial charge in [0.15, 0.2) is 0 Å². The summed E-state index contributed by atoms with van der Waals surface area (Å²) in [6, 6.07) is 10.1. The van der Waals surface area contributed by atoms with Gasteiger partial charge >= 0.3 is 0 Å². The van der Waals surface area contributed by atoms with Gasteiger partial charge in [0.25, 0.3) is 0 Å². The average Bonchev–Trinajstić information content (AvgIpc) is 3.22. The van der Waals surface area contributed by atoms with Gasteiger partial charge in [0, 0.05) is 25.6 Å². The molecule has 0 saturated heterocycles. The first-order valence-electron chi connectivity index (χ1n) is 6.75. The number of carbonyl (C=O) groups excluding carboxylic acids is 1. The monoisotopic (exact) mass is 246 g/mol. The largest absolute Gasteiger partial charge is 0.337 e. The van der Waals surface area contributed by atoms with Crippen molar-refractivity contribution >= 4 is 5.91 Å². The third kappa shape index (κ3) is 3.33. The molecule has 2 rings (SSSR count). The number of nitrogens with zero attached hydrogens (tertiary/aromatic N) is 1. The fraction of sp³-hybridized carbons (Fsp3) is 0.533. The second-order valence-corrected chi connectivity index (χ2v) is 5.16. The van der Waals surface area contributed by atoms with Crippen molar-refractivity contribution in [1.29, 1.82) is 0 Å². The highest BCUT2D eigenvalue weighted by Crippen LogP contribution is 2.37. The number of amides is 1. The minimum atomic E-state index is 0.153. The van der Waals surface area contributed by atoms with Crippen molar-refractivity contribution in [1.82, 2.24) is 4.90 Å². The summed E-state index contributed by atoms with van der Waals surface area (Å²) < 4.78 is 0. The lowest BCUT2D eigenvalue weighted by Gasteiger charge is -2.25. The summed E-state index contributed by atoms with van der Waals surface area (Å²) in [5.41, 5.74) is 6.79. The van der Waals surface area contributed by atoms with Gasteiger partial charge in [0.05, 0.1) is 0 Å². The van der Waals surface area contributed by atoms with Crippen LogP contribution in [0.1, 0.15) is 25.3 Å². The summed E-state index contributed by atoms with van der Waals surface area (Å²) >= 11 is 0. The van der Waals surface area contributed by atoms with Crippen LogP contribution in [0, 0.1) is 11.8 Å². The van der Waals surface area contributed by atoms with E-state index in [1.807, 2.05) is 23.1 Å². The van der Waals surface area contributed by atoms with E-state index in [0.29, 0.717) is 25.6 Å². The maximum atomic E-state index is 12.4. The van der Waals surface area contributed by atoms with E-state index in [1.165, 1.54) is 18.4 Å². The van der Waals surface area contributed by atoms with E-state index in [-0.39, 0.29) is 11.8 Å². The predicted octanol–water partition coefficient (Wildman–Crippen LogP) is 2.02. The molecule has 0 heterocycles. The lowest BCUT2D eigenvalue weighted by Crippen LogP contribution is -2.38. The summed E-state index contributed by atoms with van der Waals surface area (Å²) in [5.74, 6) is 1.01. The van der Waals surface area contributed by atoms with Crippen LogP contribution in [0.5, 0.6) is 0 Å². The standard InChI is InChI=1S/C15H22N2O/c1-12(14-7-8-14)15(18)17(10-9-16)11-13-5-3-2-4-6-13/h2-6,12,14H,7-11,16H2,1H3. The highest BCUT2D eigenvalue weighted by atomic mass is 16.2. The maximum absolute atomic E-state index is 12.4. The first-order chi connectivity index (χ1) is 8.72. The first kappa shape index (κ1) is 13.1. The van der Waals surface area contributed by atoms with Gasteiger partial charge < -0.3 is 10.6 Å². The molecule has 0 spiro atoms. The van der Waals surface area contributed by atoms with Crippen molar-refractivity contribution in [2.24, 2.45) is 17.6 Å². The van der Waals surface area contributed by atoms with Gasteiger partial charge in [-0.15, -0.1) is 0 Å². The van der Waals surface area contributed by atoms with E-state index < -0.39 is 0 Å². The molecular weight excluding hydrogens is 224 g/mol. The molecule has 1 aliphatic rings. The van der Waals surface area contributed by atoms with Gasteiger partial charge in [-0.05, 0) is 24.3 Å². The second-order valence-electron chi connectivity index (χ2n) is 5.16. The van der Waals surface area contributed by atoms with Crippen LogP contribution in [0.2, 0.25) is 0 Å². The summed E-state index contributed by atoms with van der Waals surface area (Å²) in [6.45, 7) is 3.89. The molecule has 0 bridgehead atoms. The Hall–Kier alpha value is -1.35. The summed E-state index contributed by atoms with van der Waals surface area (Å²) in [4.78, 5) is 14.3. The molecule has 0 aliphatic heterocycles. The Kier molecular flexibility index (Phi) is 4.37. The fourth-order valence-corrected chi connectivity index (χ4v) is 2.31. The number of benzene rings is 1. The quantitative estimate of drug-likeness (QED) is 0.834. The van der Waals surface area contributed by atoms with Gasteiger partial charge in [-0.3, -0.25) is 4.79 Å². The smallest absolute Gasteiger partial charge is 0.226 e. The van der Waals surface area contributed by atoms with Crippen molar-refractivity contribution < 1.29 is 4.79 Å². The number of nitrogens with two attached hydrogens (primary N) is 1. The third-order valence-electron chi connectivity index (χ3n) is 3.65. The third-order valence-corrected chi connectivity index (χ3v) is 3.65. The van der Waals surface area contributed by atoms with E-state index >= 15 is 0 Å². The maximum Gasteiger partial charge on any atom is 0.226 e. The zero-order chi connectivity index (χ0) is 13.0. The number of hydrogen-bond donors (Lipinski definition) is 1. The van der Waals surface area contributed by atoms with Crippen LogP contribution in [0.15, 0.2) is 30.3 Å². The summed E-state index contributed by atoms with van der Waals surface area (Å²) in [6.07, 6.45) is 2.41. The molecular formula is C15H22N2O. The lowest BCUT2D eigenvalue weighted by molar-refractivity contribution is -0.136. The van der Waals surface area contributed by atoms with E-state index in [4.69, 9.17) is 5.73 Å². The Morgan fingerprint density at radius 2 is 2.06 bits per heavy atom. The molecule has 1 saturated carbocycles. The molecule has 3 nitrogen and oxygen atoms in total. The SMILES string of the molecule is CC(C(=O)N(CCN)Cc1ccccc1)C1CC1. The molecule has 0 aromatic heterocycles. The number of hydrogen-bond acceptors (Lipinski definition) is 2. The average molecular weight is 246 g/mol. The first-order valence-corrected chi connectivity index (χ1v) is 6.75. The molecule has 3 heteroatoms. The molecule has 1 aromatic carbocycles. The molecule has 1 amide bonds. The van der Waals surface area contributed by atoms with Gasteiger partial charge in [-0.25, -0.2) is 0 Å². The predicted molar refractivity (Wildman–Crippen MR) is 72.8 cm³/mol. The Morgan fingerprint density at radius 3 is 2.61 bits per heavy atom. The van der Waals surface area contributed by atoms with E-state index in [1.54, 1.807) is 0 Å². The summed E-state index contributed by atoms with van der Waals surface area (Å²) in [5, 5.41) is 0. The van der Waals surface area contributed by atoms with Crippen molar-refractivity contribution in [3.63, 3.8) is 0 Å². The number of rotatable bonds is 6. The molecule has 2 N–H and O–H groups in total. The zero-order valence-electron chi connectivity index (χ0n) is 11.0. The van der Waals surface area contributed by atoms with Gasteiger partial charge in [-0.2, -0.15) is 0 Å².